The number of nitrogens with zero attached hydrogens (tertiary/aromatic N) is 1. The minimum atomic E-state index is -0.546. The number of anilines is 1. The Morgan fingerprint density at radius 3 is 2.40 bits per heavy atom. The number of nitrogens with one attached hydrogen (secondary N) is 1. The Labute approximate surface area is 172 Å². The lowest BCUT2D eigenvalue weighted by Gasteiger charge is -2.07. The molecule has 0 aliphatic carbocycles. The summed E-state index contributed by atoms with van der Waals surface area (Å²) in [5.41, 5.74) is 1.83. The van der Waals surface area contributed by atoms with Crippen LogP contribution in [-0.2, 0) is 0 Å². The van der Waals surface area contributed by atoms with Crippen LogP contribution in [0.1, 0.15) is 26.3 Å². The van der Waals surface area contributed by atoms with Gasteiger partial charge in [-0.2, -0.15) is 0 Å². The van der Waals surface area contributed by atoms with Crippen LogP contribution in [0.25, 0.3) is 6.08 Å². The predicted molar refractivity (Wildman–Crippen MR) is 114 cm³/mol. The van der Waals surface area contributed by atoms with Gasteiger partial charge >= 0.3 is 0 Å². The number of amides is 1. The van der Waals surface area contributed by atoms with Crippen molar-refractivity contribution >= 4 is 29.1 Å². The van der Waals surface area contributed by atoms with E-state index in [0.29, 0.717) is 22.6 Å². The first-order valence-electron chi connectivity index (χ1n) is 8.98. The molecule has 0 unspecified atom stereocenters. The summed E-state index contributed by atoms with van der Waals surface area (Å²) in [7, 11) is 1.55. The molecule has 1 N–H and O–H groups in total. The quantitative estimate of drug-likeness (QED) is 0.266. The highest BCUT2D eigenvalue weighted by molar-refractivity contribution is 6.07. The molecule has 3 aromatic carbocycles. The standard InChI is InChI=1S/C23H18N2O5/c1-30-21-11-9-17(10-12-21)23(27)24-19-6-2-4-16(14-19)8-13-22(26)18-5-3-7-20(15-18)25(28)29/h2-15H,1H3,(H,24,27)/b13-8+. The maximum atomic E-state index is 12.4. The van der Waals surface area contributed by atoms with E-state index >= 15 is 0 Å². The van der Waals surface area contributed by atoms with Crippen molar-refractivity contribution in [3.63, 3.8) is 0 Å². The number of ketones is 1. The van der Waals surface area contributed by atoms with Gasteiger partial charge in [-0.3, -0.25) is 19.7 Å². The molecule has 150 valence electrons. The summed E-state index contributed by atoms with van der Waals surface area (Å²) in [6.45, 7) is 0. The summed E-state index contributed by atoms with van der Waals surface area (Å²) in [5.74, 6) is 0.0323. The van der Waals surface area contributed by atoms with Gasteiger partial charge in [0, 0.05) is 28.9 Å². The Bertz CT molecular complexity index is 1120. The molecule has 0 heterocycles. The lowest BCUT2D eigenvalue weighted by atomic mass is 10.1. The van der Waals surface area contributed by atoms with Crippen molar-refractivity contribution in [2.75, 3.05) is 12.4 Å². The molecule has 30 heavy (non-hydrogen) atoms. The molecule has 3 rings (SSSR count). The van der Waals surface area contributed by atoms with E-state index < -0.39 is 4.92 Å². The number of carbonyl (C=O) groups is 2. The Hall–Kier alpha value is -4.26. The maximum absolute atomic E-state index is 12.4. The molecule has 7 nitrogen and oxygen atoms in total. The lowest BCUT2D eigenvalue weighted by Crippen LogP contribution is -2.11. The molecule has 0 aliphatic heterocycles. The first-order chi connectivity index (χ1) is 14.5. The van der Waals surface area contributed by atoms with E-state index in [-0.39, 0.29) is 22.9 Å². The van der Waals surface area contributed by atoms with Crippen LogP contribution in [0.2, 0.25) is 0 Å². The molecule has 3 aromatic rings. The maximum Gasteiger partial charge on any atom is 0.270 e. The zero-order chi connectivity index (χ0) is 21.5. The zero-order valence-electron chi connectivity index (χ0n) is 16.1. The van der Waals surface area contributed by atoms with Gasteiger partial charge in [0.2, 0.25) is 0 Å². The van der Waals surface area contributed by atoms with Crippen LogP contribution in [0.3, 0.4) is 0 Å². The number of nitro benzene ring substituents is 1. The molecular formula is C23H18N2O5. The molecule has 0 aromatic heterocycles. The number of benzene rings is 3. The first kappa shape index (κ1) is 20.5. The lowest BCUT2D eigenvalue weighted by molar-refractivity contribution is -0.384. The summed E-state index contributed by atoms with van der Waals surface area (Å²) in [6.07, 6.45) is 2.92. The molecule has 0 saturated heterocycles. The monoisotopic (exact) mass is 402 g/mol. The Kier molecular flexibility index (Phi) is 6.34. The van der Waals surface area contributed by atoms with Crippen LogP contribution in [0, 0.1) is 10.1 Å². The highest BCUT2D eigenvalue weighted by Crippen LogP contribution is 2.17. The smallest absolute Gasteiger partial charge is 0.270 e. The Balaban J connectivity index is 1.70. The van der Waals surface area contributed by atoms with Crippen LogP contribution in [0.15, 0.2) is 78.9 Å². The second-order valence-electron chi connectivity index (χ2n) is 6.31. The van der Waals surface area contributed by atoms with Crippen LogP contribution >= 0.6 is 0 Å². The zero-order valence-corrected chi connectivity index (χ0v) is 16.1. The average molecular weight is 402 g/mol. The van der Waals surface area contributed by atoms with Crippen molar-refractivity contribution in [3.8, 4) is 5.75 Å². The molecular weight excluding hydrogens is 384 g/mol. The minimum Gasteiger partial charge on any atom is -0.497 e. The van der Waals surface area contributed by atoms with Crippen LogP contribution in [-0.4, -0.2) is 23.7 Å². The van der Waals surface area contributed by atoms with E-state index in [2.05, 4.69) is 5.32 Å². The van der Waals surface area contributed by atoms with Gasteiger partial charge in [0.15, 0.2) is 5.78 Å². The van der Waals surface area contributed by atoms with Gasteiger partial charge in [0.1, 0.15) is 5.75 Å². The average Bonchev–Trinajstić information content (AvgIpc) is 2.77. The number of hydrogen-bond donors (Lipinski definition) is 1. The van der Waals surface area contributed by atoms with E-state index in [4.69, 9.17) is 4.74 Å². The normalized spacial score (nSPS) is 10.6. The second kappa shape index (κ2) is 9.29. The molecule has 0 atom stereocenters. The number of non-ortho nitro benzene ring substituents is 1. The molecule has 1 amide bonds. The summed E-state index contributed by atoms with van der Waals surface area (Å²) >= 11 is 0. The molecule has 0 radical (unpaired) electrons. The third kappa shape index (κ3) is 5.17. The van der Waals surface area contributed by atoms with Crippen molar-refractivity contribution in [1.82, 2.24) is 0 Å². The fourth-order valence-corrected chi connectivity index (χ4v) is 2.71. The SMILES string of the molecule is COc1ccc(C(=O)Nc2cccc(/C=C/C(=O)c3cccc([N+](=O)[O-])c3)c2)cc1. The fraction of sp³-hybridized carbons (Fsp3) is 0.0435. The third-order valence-electron chi connectivity index (χ3n) is 4.27. The molecule has 0 saturated carbocycles. The number of carbonyl (C=O) groups excluding carboxylic acids is 2. The van der Waals surface area contributed by atoms with Crippen LogP contribution in [0.4, 0.5) is 11.4 Å². The van der Waals surface area contributed by atoms with Crippen molar-refractivity contribution in [1.29, 1.82) is 0 Å². The van der Waals surface area contributed by atoms with E-state index in [1.54, 1.807) is 61.7 Å². The van der Waals surface area contributed by atoms with Gasteiger partial charge in [0.25, 0.3) is 11.6 Å². The van der Waals surface area contributed by atoms with Gasteiger partial charge in [-0.1, -0.05) is 30.3 Å². The highest BCUT2D eigenvalue weighted by Gasteiger charge is 2.10. The van der Waals surface area contributed by atoms with Crippen molar-refractivity contribution in [2.24, 2.45) is 0 Å². The Morgan fingerprint density at radius 1 is 0.967 bits per heavy atom. The van der Waals surface area contributed by atoms with Crippen LogP contribution < -0.4 is 10.1 Å². The molecule has 0 spiro atoms. The number of nitro groups is 1. The van der Waals surface area contributed by atoms with Gasteiger partial charge in [-0.05, 0) is 48.0 Å². The number of allylic oxidation sites excluding steroid dienone is 1. The molecule has 0 bridgehead atoms. The Morgan fingerprint density at radius 2 is 1.70 bits per heavy atom. The minimum absolute atomic E-state index is 0.141. The van der Waals surface area contributed by atoms with Gasteiger partial charge in [-0.15, -0.1) is 0 Å². The number of methoxy groups -OCH3 is 1. The number of ether oxygens (including phenoxy) is 1. The largest absolute Gasteiger partial charge is 0.497 e. The predicted octanol–water partition coefficient (Wildman–Crippen LogP) is 4.75. The van der Waals surface area contributed by atoms with E-state index in [1.165, 1.54) is 30.3 Å². The van der Waals surface area contributed by atoms with E-state index in [1.807, 2.05) is 0 Å². The summed E-state index contributed by atoms with van der Waals surface area (Å²) in [4.78, 5) is 35.0. The molecule has 7 heteroatoms. The third-order valence-corrected chi connectivity index (χ3v) is 4.27. The van der Waals surface area contributed by atoms with E-state index in [0.717, 1.165) is 0 Å². The highest BCUT2D eigenvalue weighted by atomic mass is 16.6. The fourth-order valence-electron chi connectivity index (χ4n) is 2.71. The van der Waals surface area contributed by atoms with Crippen molar-refractivity contribution < 1.29 is 19.2 Å². The van der Waals surface area contributed by atoms with Gasteiger partial charge in [0.05, 0.1) is 12.0 Å². The summed E-state index contributed by atoms with van der Waals surface area (Å²) in [6, 6.07) is 19.3. The van der Waals surface area contributed by atoms with Gasteiger partial charge < -0.3 is 10.1 Å². The van der Waals surface area contributed by atoms with E-state index in [9.17, 15) is 19.7 Å². The van der Waals surface area contributed by atoms with Crippen molar-refractivity contribution in [2.45, 2.75) is 0 Å². The molecule has 0 fully saturated rings. The van der Waals surface area contributed by atoms with Crippen LogP contribution in [0.5, 0.6) is 5.75 Å². The molecule has 0 aliphatic rings. The first-order valence-corrected chi connectivity index (χ1v) is 8.98. The number of hydrogen-bond acceptors (Lipinski definition) is 5. The van der Waals surface area contributed by atoms with Crippen molar-refractivity contribution in [3.05, 3.63) is 106 Å². The summed E-state index contributed by atoms with van der Waals surface area (Å²) < 4.78 is 5.08. The topological polar surface area (TPSA) is 98.5 Å². The van der Waals surface area contributed by atoms with Gasteiger partial charge in [-0.25, -0.2) is 0 Å². The number of rotatable bonds is 7. The summed E-state index contributed by atoms with van der Waals surface area (Å²) in [5, 5.41) is 13.7. The second-order valence-corrected chi connectivity index (χ2v) is 6.31.